The molecule has 0 aromatic heterocycles. The zero-order valence-electron chi connectivity index (χ0n) is 18.9. The first-order valence-electron chi connectivity index (χ1n) is 10.4. The molecule has 31 heavy (non-hydrogen) atoms. The van der Waals surface area contributed by atoms with Crippen LogP contribution in [0.4, 0.5) is 13.6 Å². The van der Waals surface area contributed by atoms with Crippen molar-refractivity contribution in [2.45, 2.75) is 83.2 Å². The van der Waals surface area contributed by atoms with Crippen LogP contribution < -0.4 is 4.72 Å². The smallest absolute Gasteiger partial charge is 0.410 e. The van der Waals surface area contributed by atoms with Crippen LogP contribution in [-0.4, -0.2) is 44.2 Å². The number of ether oxygens (including phenoxy) is 1. The topological polar surface area (TPSA) is 58.6 Å². The van der Waals surface area contributed by atoms with E-state index < -0.39 is 45.1 Å². The van der Waals surface area contributed by atoms with Crippen LogP contribution in [0.5, 0.6) is 0 Å². The predicted molar refractivity (Wildman–Crippen MR) is 121 cm³/mol. The van der Waals surface area contributed by atoms with Crippen LogP contribution in [-0.2, 0) is 22.1 Å². The van der Waals surface area contributed by atoms with Crippen molar-refractivity contribution in [2.75, 3.05) is 6.54 Å². The summed E-state index contributed by atoms with van der Waals surface area (Å²) >= 11 is 3.06. The molecule has 2 aliphatic rings. The number of halogens is 3. The Bertz CT molecular complexity index is 894. The maximum absolute atomic E-state index is 14.8. The monoisotopic (exact) mass is 520 g/mol. The summed E-state index contributed by atoms with van der Waals surface area (Å²) in [4.78, 5) is 14.7. The van der Waals surface area contributed by atoms with Crippen LogP contribution in [0.1, 0.15) is 59.9 Å². The molecule has 1 aromatic rings. The number of nitrogens with zero attached hydrogens (tertiary/aromatic N) is 1. The first kappa shape index (κ1) is 24.6. The van der Waals surface area contributed by atoms with Crippen molar-refractivity contribution in [1.82, 2.24) is 9.62 Å². The van der Waals surface area contributed by atoms with Gasteiger partial charge in [-0.05, 0) is 94.4 Å². The molecule has 1 aliphatic carbocycles. The molecule has 1 N–H and O–H groups in total. The number of carbonyl (C=O) groups is 1. The molecule has 1 spiro atoms. The summed E-state index contributed by atoms with van der Waals surface area (Å²) in [6.07, 6.45) is 1.33. The molecule has 1 heterocycles. The van der Waals surface area contributed by atoms with Crippen LogP contribution in [0.2, 0.25) is 0 Å². The SMILES string of the molecule is CC(C)(C)OC(=O)N1CC2(CC2)[C@H](N[S@](=O)C(C)(C)C)[C@@H]1Cc1cc(F)cc(Br)c1F. The van der Waals surface area contributed by atoms with Crippen LogP contribution in [0.25, 0.3) is 0 Å². The van der Waals surface area contributed by atoms with Crippen LogP contribution in [0, 0.1) is 17.0 Å². The van der Waals surface area contributed by atoms with Crippen molar-refractivity contribution >= 4 is 33.0 Å². The Labute approximate surface area is 194 Å². The quantitative estimate of drug-likeness (QED) is 0.562. The maximum Gasteiger partial charge on any atom is 0.410 e. The molecule has 1 aliphatic heterocycles. The van der Waals surface area contributed by atoms with Gasteiger partial charge in [-0.2, -0.15) is 0 Å². The third-order valence-electron chi connectivity index (χ3n) is 5.74. The Morgan fingerprint density at radius 1 is 1.26 bits per heavy atom. The number of amides is 1. The Kier molecular flexibility index (Phi) is 6.64. The number of carbonyl (C=O) groups excluding carboxylic acids is 1. The highest BCUT2D eigenvalue weighted by molar-refractivity contribution is 9.10. The third kappa shape index (κ3) is 5.47. The molecule has 174 valence electrons. The fourth-order valence-corrected chi connectivity index (χ4v) is 5.46. The van der Waals surface area contributed by atoms with Gasteiger partial charge in [0, 0.05) is 18.0 Å². The van der Waals surface area contributed by atoms with Crippen LogP contribution in [0.3, 0.4) is 0 Å². The Hall–Kier alpha value is -1.06. The second-order valence-electron chi connectivity index (χ2n) is 10.6. The second-order valence-corrected chi connectivity index (χ2v) is 13.4. The number of benzene rings is 1. The molecule has 9 heteroatoms. The summed E-state index contributed by atoms with van der Waals surface area (Å²) in [7, 11) is -1.38. The van der Waals surface area contributed by atoms with Gasteiger partial charge < -0.3 is 9.64 Å². The minimum atomic E-state index is -1.38. The van der Waals surface area contributed by atoms with E-state index in [2.05, 4.69) is 20.7 Å². The Morgan fingerprint density at radius 3 is 2.39 bits per heavy atom. The van der Waals surface area contributed by atoms with Crippen molar-refractivity contribution in [3.05, 3.63) is 33.8 Å². The highest BCUT2D eigenvalue weighted by Gasteiger charge is 2.61. The maximum atomic E-state index is 14.8. The molecule has 2 fully saturated rings. The van der Waals surface area contributed by atoms with Gasteiger partial charge in [0.15, 0.2) is 0 Å². The van der Waals surface area contributed by atoms with Crippen molar-refractivity contribution in [2.24, 2.45) is 5.41 Å². The Balaban J connectivity index is 1.98. The zero-order valence-corrected chi connectivity index (χ0v) is 21.3. The van der Waals surface area contributed by atoms with Crippen molar-refractivity contribution in [1.29, 1.82) is 0 Å². The number of nitrogens with one attached hydrogen (secondary N) is 1. The molecule has 1 saturated heterocycles. The molecule has 0 radical (unpaired) electrons. The fraction of sp³-hybridized carbons (Fsp3) is 0.682. The van der Waals surface area contributed by atoms with Gasteiger partial charge in [0.25, 0.3) is 0 Å². The molecule has 0 unspecified atom stereocenters. The van der Waals surface area contributed by atoms with Crippen LogP contribution >= 0.6 is 15.9 Å². The van der Waals surface area contributed by atoms with E-state index in [1.165, 1.54) is 0 Å². The number of hydrogen-bond donors (Lipinski definition) is 1. The average molecular weight is 521 g/mol. The second kappa shape index (κ2) is 8.37. The van der Waals surface area contributed by atoms with Crippen molar-refractivity contribution in [3.63, 3.8) is 0 Å². The van der Waals surface area contributed by atoms with Gasteiger partial charge in [-0.25, -0.2) is 22.5 Å². The van der Waals surface area contributed by atoms with E-state index in [0.29, 0.717) is 6.54 Å². The third-order valence-corrected chi connectivity index (χ3v) is 7.90. The van der Waals surface area contributed by atoms with Gasteiger partial charge in [0.1, 0.15) is 17.2 Å². The largest absolute Gasteiger partial charge is 0.444 e. The number of hydrogen-bond acceptors (Lipinski definition) is 3. The number of rotatable bonds is 4. The zero-order chi connectivity index (χ0) is 23.4. The van der Waals surface area contributed by atoms with E-state index in [0.717, 1.165) is 25.0 Å². The molecule has 3 rings (SSSR count). The van der Waals surface area contributed by atoms with Crippen LogP contribution in [0.15, 0.2) is 16.6 Å². The molecule has 1 aromatic carbocycles. The molecule has 1 amide bonds. The van der Waals surface area contributed by atoms with E-state index >= 15 is 0 Å². The minimum Gasteiger partial charge on any atom is -0.444 e. The first-order chi connectivity index (χ1) is 14.1. The van der Waals surface area contributed by atoms with Crippen molar-refractivity contribution in [3.8, 4) is 0 Å². The van der Waals surface area contributed by atoms with E-state index in [1.807, 2.05) is 20.8 Å². The minimum absolute atomic E-state index is 0.0354. The van der Waals surface area contributed by atoms with Gasteiger partial charge in [0.2, 0.25) is 0 Å². The summed E-state index contributed by atoms with van der Waals surface area (Å²) in [6, 6.07) is 1.39. The predicted octanol–water partition coefficient (Wildman–Crippen LogP) is 5.09. The molecular formula is C22H31BrF2N2O3S. The average Bonchev–Trinajstić information content (AvgIpc) is 3.31. The summed E-state index contributed by atoms with van der Waals surface area (Å²) < 4.78 is 50.1. The van der Waals surface area contributed by atoms with E-state index in [9.17, 15) is 17.8 Å². The number of likely N-dealkylation sites (tertiary alicyclic amines) is 1. The van der Waals surface area contributed by atoms with Gasteiger partial charge in [-0.15, -0.1) is 0 Å². The van der Waals surface area contributed by atoms with E-state index in [-0.39, 0.29) is 27.9 Å². The van der Waals surface area contributed by atoms with Gasteiger partial charge in [-0.1, -0.05) is 0 Å². The standard InChI is InChI=1S/C22H31BrF2N2O3S/c1-20(2,3)30-19(28)27-12-22(7-8-22)18(26-31(29)21(4,5)6)16(27)10-13-9-14(24)11-15(23)17(13)25/h9,11,16,18,26H,7-8,10,12H2,1-6H3/t16-,18+,31+/m0/s1. The van der Waals surface area contributed by atoms with E-state index in [1.54, 1.807) is 25.7 Å². The fourth-order valence-electron chi connectivity index (χ4n) is 4.00. The molecule has 0 bridgehead atoms. The van der Waals surface area contributed by atoms with Crippen molar-refractivity contribution < 1.29 is 22.5 Å². The summed E-state index contributed by atoms with van der Waals surface area (Å²) in [6.45, 7) is 11.4. The molecule has 1 saturated carbocycles. The highest BCUT2D eigenvalue weighted by Crippen LogP contribution is 2.56. The summed E-state index contributed by atoms with van der Waals surface area (Å²) in [5, 5.41) is 0. The first-order valence-corrected chi connectivity index (χ1v) is 12.4. The van der Waals surface area contributed by atoms with Gasteiger partial charge >= 0.3 is 6.09 Å². The Morgan fingerprint density at radius 2 is 1.87 bits per heavy atom. The lowest BCUT2D eigenvalue weighted by Crippen LogP contribution is -2.51. The highest BCUT2D eigenvalue weighted by atomic mass is 79.9. The molecular weight excluding hydrogens is 490 g/mol. The van der Waals surface area contributed by atoms with Gasteiger partial charge in [-0.3, -0.25) is 0 Å². The molecule has 5 nitrogen and oxygen atoms in total. The lowest BCUT2D eigenvalue weighted by Gasteiger charge is -2.32. The lowest BCUT2D eigenvalue weighted by atomic mass is 9.92. The normalized spacial score (nSPS) is 23.8. The molecule has 3 atom stereocenters. The lowest BCUT2D eigenvalue weighted by molar-refractivity contribution is 0.0213. The summed E-state index contributed by atoms with van der Waals surface area (Å²) in [5.74, 6) is -1.12. The van der Waals surface area contributed by atoms with E-state index in [4.69, 9.17) is 4.74 Å². The van der Waals surface area contributed by atoms with Gasteiger partial charge in [0.05, 0.1) is 26.2 Å². The summed E-state index contributed by atoms with van der Waals surface area (Å²) in [5.41, 5.74) is -0.758.